The van der Waals surface area contributed by atoms with Gasteiger partial charge in [-0.3, -0.25) is 0 Å². The van der Waals surface area contributed by atoms with E-state index in [1.165, 1.54) is 19.9 Å². The number of sulfonamides is 1. The SMILES string of the molecule is CNS(=O)(=O)c1ccccc1N(C)C1CC2CCC(C1)N2. The Morgan fingerprint density at radius 2 is 1.81 bits per heavy atom. The monoisotopic (exact) mass is 309 g/mol. The van der Waals surface area contributed by atoms with Crippen molar-refractivity contribution in [2.75, 3.05) is 19.0 Å². The van der Waals surface area contributed by atoms with E-state index in [0.29, 0.717) is 23.0 Å². The quantitative estimate of drug-likeness (QED) is 0.880. The standard InChI is InChI=1S/C15H23N3O2S/c1-16-21(19,20)15-6-4-3-5-14(15)18(2)13-9-11-7-8-12(10-13)17-11/h3-6,11-13,16-17H,7-10H2,1-2H3. The second-order valence-corrected chi connectivity index (χ2v) is 7.90. The minimum Gasteiger partial charge on any atom is -0.370 e. The first kappa shape index (κ1) is 14.8. The van der Waals surface area contributed by atoms with Gasteiger partial charge >= 0.3 is 0 Å². The first-order chi connectivity index (χ1) is 10.0. The lowest BCUT2D eigenvalue weighted by atomic mass is 9.98. The fraction of sp³-hybridized carbons (Fsp3) is 0.600. The molecule has 2 bridgehead atoms. The van der Waals surface area contributed by atoms with Gasteiger partial charge in [0.2, 0.25) is 10.0 Å². The molecule has 1 aromatic rings. The highest BCUT2D eigenvalue weighted by atomic mass is 32.2. The molecule has 3 rings (SSSR count). The van der Waals surface area contributed by atoms with Crippen LogP contribution >= 0.6 is 0 Å². The normalized spacial score (nSPS) is 28.6. The summed E-state index contributed by atoms with van der Waals surface area (Å²) in [5, 5.41) is 3.63. The van der Waals surface area contributed by atoms with Crippen molar-refractivity contribution in [1.82, 2.24) is 10.0 Å². The van der Waals surface area contributed by atoms with Crippen LogP contribution in [0.15, 0.2) is 29.2 Å². The molecule has 0 spiro atoms. The molecule has 0 radical (unpaired) electrons. The van der Waals surface area contributed by atoms with Crippen LogP contribution in [0.4, 0.5) is 5.69 Å². The van der Waals surface area contributed by atoms with Crippen LogP contribution in [0.1, 0.15) is 25.7 Å². The smallest absolute Gasteiger partial charge is 0.242 e. The molecule has 116 valence electrons. The maximum Gasteiger partial charge on any atom is 0.242 e. The molecule has 2 aliphatic heterocycles. The van der Waals surface area contributed by atoms with Crippen LogP contribution in [0.5, 0.6) is 0 Å². The molecule has 0 aromatic heterocycles. The molecule has 5 nitrogen and oxygen atoms in total. The summed E-state index contributed by atoms with van der Waals surface area (Å²) in [6.45, 7) is 0. The minimum atomic E-state index is -3.43. The molecule has 6 heteroatoms. The highest BCUT2D eigenvalue weighted by Crippen LogP contribution is 2.33. The molecule has 0 saturated carbocycles. The molecule has 2 unspecified atom stereocenters. The fourth-order valence-corrected chi connectivity index (χ4v) is 4.59. The Hall–Kier alpha value is -1.11. The summed E-state index contributed by atoms with van der Waals surface area (Å²) in [5.74, 6) is 0. The van der Waals surface area contributed by atoms with Crippen molar-refractivity contribution in [2.24, 2.45) is 0 Å². The Morgan fingerprint density at radius 1 is 1.19 bits per heavy atom. The number of fused-ring (bicyclic) bond motifs is 2. The van der Waals surface area contributed by atoms with Gasteiger partial charge in [-0.15, -0.1) is 0 Å². The van der Waals surface area contributed by atoms with Crippen LogP contribution in [-0.2, 0) is 10.0 Å². The summed E-state index contributed by atoms with van der Waals surface area (Å²) in [5.41, 5.74) is 0.790. The molecular formula is C15H23N3O2S. The highest BCUT2D eigenvalue weighted by Gasteiger charge is 2.36. The van der Waals surface area contributed by atoms with Crippen LogP contribution in [0.3, 0.4) is 0 Å². The Morgan fingerprint density at radius 3 is 2.43 bits per heavy atom. The van der Waals surface area contributed by atoms with Gasteiger partial charge in [-0.05, 0) is 44.9 Å². The molecule has 2 fully saturated rings. The maximum absolute atomic E-state index is 12.2. The molecule has 0 amide bonds. The average Bonchev–Trinajstić information content (AvgIpc) is 2.84. The van der Waals surface area contributed by atoms with Gasteiger partial charge in [0.1, 0.15) is 4.90 Å². The van der Waals surface area contributed by atoms with E-state index < -0.39 is 10.0 Å². The predicted octanol–water partition coefficient (Wildman–Crippen LogP) is 1.31. The number of anilines is 1. The maximum atomic E-state index is 12.2. The van der Waals surface area contributed by atoms with Crippen molar-refractivity contribution in [1.29, 1.82) is 0 Å². The van der Waals surface area contributed by atoms with Gasteiger partial charge in [-0.1, -0.05) is 12.1 Å². The average molecular weight is 309 g/mol. The van der Waals surface area contributed by atoms with Crippen molar-refractivity contribution in [2.45, 2.75) is 48.7 Å². The highest BCUT2D eigenvalue weighted by molar-refractivity contribution is 7.89. The van der Waals surface area contributed by atoms with Gasteiger partial charge in [0.25, 0.3) is 0 Å². The molecule has 2 N–H and O–H groups in total. The minimum absolute atomic E-state index is 0.362. The molecular weight excluding hydrogens is 286 g/mol. The lowest BCUT2D eigenvalue weighted by Crippen LogP contribution is -2.47. The zero-order valence-corrected chi connectivity index (χ0v) is 13.4. The van der Waals surface area contributed by atoms with E-state index in [1.54, 1.807) is 12.1 Å². The lowest BCUT2D eigenvalue weighted by molar-refractivity contribution is 0.354. The first-order valence-electron chi connectivity index (χ1n) is 7.52. The van der Waals surface area contributed by atoms with Gasteiger partial charge in [0.15, 0.2) is 0 Å². The Balaban J connectivity index is 1.90. The van der Waals surface area contributed by atoms with Crippen LogP contribution in [0.25, 0.3) is 0 Å². The van der Waals surface area contributed by atoms with Gasteiger partial charge in [0, 0.05) is 25.2 Å². The summed E-state index contributed by atoms with van der Waals surface area (Å²) in [4.78, 5) is 2.51. The number of hydrogen-bond acceptors (Lipinski definition) is 4. The van der Waals surface area contributed by atoms with Crippen LogP contribution in [-0.4, -0.2) is 40.6 Å². The summed E-state index contributed by atoms with van der Waals surface area (Å²) in [6, 6.07) is 8.82. The van der Waals surface area contributed by atoms with Crippen LogP contribution in [0.2, 0.25) is 0 Å². The number of nitrogens with zero attached hydrogens (tertiary/aromatic N) is 1. The number of rotatable bonds is 4. The number of para-hydroxylation sites is 1. The molecule has 1 aromatic carbocycles. The van der Waals surface area contributed by atoms with E-state index in [9.17, 15) is 8.42 Å². The molecule has 2 saturated heterocycles. The molecule has 2 aliphatic rings. The first-order valence-corrected chi connectivity index (χ1v) is 9.01. The van der Waals surface area contributed by atoms with Gasteiger partial charge < -0.3 is 10.2 Å². The van der Waals surface area contributed by atoms with Crippen LogP contribution in [0, 0.1) is 0 Å². The topological polar surface area (TPSA) is 61.4 Å². The van der Waals surface area contributed by atoms with Crippen molar-refractivity contribution >= 4 is 15.7 Å². The van der Waals surface area contributed by atoms with E-state index in [2.05, 4.69) is 14.9 Å². The predicted molar refractivity (Wildman–Crippen MR) is 84.1 cm³/mol. The summed E-state index contributed by atoms with van der Waals surface area (Å²) in [7, 11) is 0.0373. The van der Waals surface area contributed by atoms with Gasteiger partial charge in [-0.2, -0.15) is 0 Å². The third-order valence-electron chi connectivity index (χ3n) is 4.80. The third kappa shape index (κ3) is 2.80. The van der Waals surface area contributed by atoms with Crippen molar-refractivity contribution in [3.8, 4) is 0 Å². The van der Waals surface area contributed by atoms with E-state index in [4.69, 9.17) is 0 Å². The third-order valence-corrected chi connectivity index (χ3v) is 6.26. The lowest BCUT2D eigenvalue weighted by Gasteiger charge is -2.37. The second-order valence-electron chi connectivity index (χ2n) is 6.05. The van der Waals surface area contributed by atoms with Crippen LogP contribution < -0.4 is 14.9 Å². The number of piperidine rings is 1. The van der Waals surface area contributed by atoms with Crippen molar-refractivity contribution < 1.29 is 8.42 Å². The number of benzene rings is 1. The van der Waals surface area contributed by atoms with Gasteiger partial charge in [-0.25, -0.2) is 13.1 Å². The fourth-order valence-electron chi connectivity index (χ4n) is 3.63. The zero-order chi connectivity index (χ0) is 15.0. The Labute approximate surface area is 126 Å². The van der Waals surface area contributed by atoms with E-state index >= 15 is 0 Å². The zero-order valence-electron chi connectivity index (χ0n) is 12.5. The molecule has 2 atom stereocenters. The van der Waals surface area contributed by atoms with Crippen molar-refractivity contribution in [3.63, 3.8) is 0 Å². The van der Waals surface area contributed by atoms with E-state index in [-0.39, 0.29) is 0 Å². The molecule has 2 heterocycles. The van der Waals surface area contributed by atoms with Crippen molar-refractivity contribution in [3.05, 3.63) is 24.3 Å². The summed E-state index contributed by atoms with van der Waals surface area (Å²) in [6.07, 6.45) is 4.65. The summed E-state index contributed by atoms with van der Waals surface area (Å²) >= 11 is 0. The largest absolute Gasteiger partial charge is 0.370 e. The second kappa shape index (κ2) is 5.59. The Kier molecular flexibility index (Phi) is 3.94. The van der Waals surface area contributed by atoms with E-state index in [1.807, 2.05) is 19.2 Å². The number of hydrogen-bond donors (Lipinski definition) is 2. The van der Waals surface area contributed by atoms with Gasteiger partial charge in [0.05, 0.1) is 5.69 Å². The molecule has 21 heavy (non-hydrogen) atoms. The van der Waals surface area contributed by atoms with E-state index in [0.717, 1.165) is 18.5 Å². The number of nitrogens with one attached hydrogen (secondary N) is 2. The Bertz CT molecular complexity index is 605. The molecule has 0 aliphatic carbocycles. The summed E-state index contributed by atoms with van der Waals surface area (Å²) < 4.78 is 26.8.